The third-order valence-corrected chi connectivity index (χ3v) is 2.19. The zero-order valence-electron chi connectivity index (χ0n) is 10.7. The molecule has 6 nitrogen and oxygen atoms in total. The summed E-state index contributed by atoms with van der Waals surface area (Å²) in [4.78, 5) is 22.1. The molecule has 3 N–H and O–H groups in total. The van der Waals surface area contributed by atoms with Crippen molar-refractivity contribution in [3.05, 3.63) is 0 Å². The molecule has 0 spiro atoms. The maximum absolute atomic E-state index is 11.5. The molecular formula is C11H22N2O4. The molecule has 0 heterocycles. The van der Waals surface area contributed by atoms with Crippen molar-refractivity contribution in [1.82, 2.24) is 10.6 Å². The fourth-order valence-corrected chi connectivity index (χ4v) is 1.53. The number of nitrogens with one attached hydrogen (secondary N) is 2. The Morgan fingerprint density at radius 1 is 1.35 bits per heavy atom. The first-order valence-electron chi connectivity index (χ1n) is 5.77. The van der Waals surface area contributed by atoms with E-state index in [2.05, 4.69) is 10.6 Å². The van der Waals surface area contributed by atoms with Gasteiger partial charge in [-0.1, -0.05) is 13.3 Å². The second kappa shape index (κ2) is 8.81. The van der Waals surface area contributed by atoms with E-state index >= 15 is 0 Å². The van der Waals surface area contributed by atoms with Crippen molar-refractivity contribution in [2.24, 2.45) is 0 Å². The van der Waals surface area contributed by atoms with Gasteiger partial charge in [-0.3, -0.25) is 4.79 Å². The van der Waals surface area contributed by atoms with Gasteiger partial charge in [-0.05, 0) is 13.3 Å². The van der Waals surface area contributed by atoms with E-state index in [0.717, 1.165) is 6.42 Å². The number of hydrogen-bond acceptors (Lipinski definition) is 3. The molecule has 0 aliphatic rings. The fourth-order valence-electron chi connectivity index (χ4n) is 1.53. The third-order valence-electron chi connectivity index (χ3n) is 2.19. The molecule has 17 heavy (non-hydrogen) atoms. The van der Waals surface area contributed by atoms with E-state index in [4.69, 9.17) is 9.84 Å². The lowest BCUT2D eigenvalue weighted by molar-refractivity contribution is -0.137. The summed E-state index contributed by atoms with van der Waals surface area (Å²) in [5, 5.41) is 14.0. The Bertz CT molecular complexity index is 246. The van der Waals surface area contributed by atoms with Gasteiger partial charge in [0.2, 0.25) is 0 Å². The summed E-state index contributed by atoms with van der Waals surface area (Å²) in [5.74, 6) is -0.909. The first-order valence-corrected chi connectivity index (χ1v) is 5.77. The topological polar surface area (TPSA) is 87.7 Å². The van der Waals surface area contributed by atoms with Crippen LogP contribution in [0.2, 0.25) is 0 Å². The van der Waals surface area contributed by atoms with Crippen LogP contribution in [-0.2, 0) is 9.53 Å². The predicted molar refractivity (Wildman–Crippen MR) is 64.0 cm³/mol. The van der Waals surface area contributed by atoms with E-state index < -0.39 is 5.97 Å². The lowest BCUT2D eigenvalue weighted by atomic mass is 10.1. The molecule has 0 aromatic carbocycles. The molecular weight excluding hydrogens is 224 g/mol. The largest absolute Gasteiger partial charge is 0.481 e. The van der Waals surface area contributed by atoms with Crippen LogP contribution in [0.1, 0.15) is 33.1 Å². The number of hydrogen-bond donors (Lipinski definition) is 3. The number of amides is 2. The van der Waals surface area contributed by atoms with Gasteiger partial charge >= 0.3 is 12.0 Å². The number of carboxylic acid groups (broad SMARTS) is 1. The van der Waals surface area contributed by atoms with E-state index in [1.807, 2.05) is 13.8 Å². The van der Waals surface area contributed by atoms with Gasteiger partial charge in [0.1, 0.15) is 0 Å². The smallest absolute Gasteiger partial charge is 0.315 e. The molecule has 2 atom stereocenters. The molecule has 0 bridgehead atoms. The quantitative estimate of drug-likeness (QED) is 0.595. The minimum Gasteiger partial charge on any atom is -0.481 e. The van der Waals surface area contributed by atoms with Crippen molar-refractivity contribution >= 4 is 12.0 Å². The van der Waals surface area contributed by atoms with Crippen LogP contribution < -0.4 is 10.6 Å². The second-order valence-corrected chi connectivity index (χ2v) is 4.06. The number of methoxy groups -OCH3 is 1. The van der Waals surface area contributed by atoms with Crippen LogP contribution in [0.5, 0.6) is 0 Å². The maximum atomic E-state index is 11.5. The third kappa shape index (κ3) is 8.50. The second-order valence-electron chi connectivity index (χ2n) is 4.06. The molecule has 0 aliphatic carbocycles. The molecule has 6 heteroatoms. The van der Waals surface area contributed by atoms with E-state index in [-0.39, 0.29) is 24.5 Å². The minimum atomic E-state index is -0.909. The van der Waals surface area contributed by atoms with Gasteiger partial charge in [0, 0.05) is 13.2 Å². The summed E-state index contributed by atoms with van der Waals surface area (Å²) in [6.45, 7) is 4.18. The normalized spacial score (nSPS) is 13.8. The number of ether oxygens (including phenoxy) is 1. The number of rotatable bonds is 8. The minimum absolute atomic E-state index is 0.0556. The molecule has 0 aromatic heterocycles. The molecule has 0 fully saturated rings. The highest BCUT2D eigenvalue weighted by molar-refractivity contribution is 5.75. The van der Waals surface area contributed by atoms with Crippen molar-refractivity contribution in [1.29, 1.82) is 0 Å². The average molecular weight is 246 g/mol. The summed E-state index contributed by atoms with van der Waals surface area (Å²) in [6, 6.07) is -0.784. The Kier molecular flexibility index (Phi) is 8.13. The maximum Gasteiger partial charge on any atom is 0.315 e. The van der Waals surface area contributed by atoms with Crippen molar-refractivity contribution in [3.63, 3.8) is 0 Å². The van der Waals surface area contributed by atoms with Crippen LogP contribution in [0.15, 0.2) is 0 Å². The van der Waals surface area contributed by atoms with Gasteiger partial charge in [-0.2, -0.15) is 0 Å². The van der Waals surface area contributed by atoms with Crippen molar-refractivity contribution in [2.45, 2.75) is 45.2 Å². The van der Waals surface area contributed by atoms with Gasteiger partial charge in [-0.15, -0.1) is 0 Å². The summed E-state index contributed by atoms with van der Waals surface area (Å²) < 4.78 is 4.88. The molecule has 0 aromatic rings. The standard InChI is InChI=1S/C11H22N2O4/c1-4-5-9(6-10(14)15)13-11(16)12-8(2)7-17-3/h8-9H,4-7H2,1-3H3,(H,14,15)(H2,12,13,16). The number of urea groups is 1. The van der Waals surface area contributed by atoms with Crippen LogP contribution in [0, 0.1) is 0 Å². The molecule has 0 aliphatic heterocycles. The predicted octanol–water partition coefficient (Wildman–Crippen LogP) is 0.964. The average Bonchev–Trinajstić information content (AvgIpc) is 2.16. The van der Waals surface area contributed by atoms with E-state index in [1.165, 1.54) is 0 Å². The Morgan fingerprint density at radius 2 is 2.00 bits per heavy atom. The Labute approximate surface area is 102 Å². The summed E-state index contributed by atoms with van der Waals surface area (Å²) in [7, 11) is 1.56. The van der Waals surface area contributed by atoms with Crippen molar-refractivity contribution in [3.8, 4) is 0 Å². The molecule has 0 rings (SSSR count). The Morgan fingerprint density at radius 3 is 2.47 bits per heavy atom. The molecule has 2 unspecified atom stereocenters. The molecule has 0 saturated carbocycles. The lowest BCUT2D eigenvalue weighted by Crippen LogP contribution is -2.47. The van der Waals surface area contributed by atoms with Crippen LogP contribution >= 0.6 is 0 Å². The highest BCUT2D eigenvalue weighted by Crippen LogP contribution is 2.01. The summed E-state index contributed by atoms with van der Waals surface area (Å²) in [5.41, 5.74) is 0. The van der Waals surface area contributed by atoms with Crippen LogP contribution in [0.25, 0.3) is 0 Å². The van der Waals surface area contributed by atoms with Gasteiger partial charge in [0.15, 0.2) is 0 Å². The lowest BCUT2D eigenvalue weighted by Gasteiger charge is -2.19. The molecule has 0 radical (unpaired) electrons. The first kappa shape index (κ1) is 15.7. The van der Waals surface area contributed by atoms with E-state index in [0.29, 0.717) is 13.0 Å². The zero-order chi connectivity index (χ0) is 13.3. The van der Waals surface area contributed by atoms with Gasteiger partial charge in [0.25, 0.3) is 0 Å². The van der Waals surface area contributed by atoms with Crippen LogP contribution in [0.4, 0.5) is 4.79 Å². The van der Waals surface area contributed by atoms with Crippen LogP contribution in [-0.4, -0.2) is 42.9 Å². The monoisotopic (exact) mass is 246 g/mol. The van der Waals surface area contributed by atoms with Gasteiger partial charge < -0.3 is 20.5 Å². The van der Waals surface area contributed by atoms with Gasteiger partial charge in [-0.25, -0.2) is 4.79 Å². The van der Waals surface area contributed by atoms with Crippen LogP contribution in [0.3, 0.4) is 0 Å². The molecule has 2 amide bonds. The fraction of sp³-hybridized carbons (Fsp3) is 0.818. The highest BCUT2D eigenvalue weighted by atomic mass is 16.5. The van der Waals surface area contributed by atoms with Gasteiger partial charge in [0.05, 0.1) is 19.1 Å². The number of carbonyl (C=O) groups is 2. The number of carbonyl (C=O) groups excluding carboxylic acids is 1. The zero-order valence-corrected chi connectivity index (χ0v) is 10.7. The molecule has 0 saturated heterocycles. The van der Waals surface area contributed by atoms with E-state index in [9.17, 15) is 9.59 Å². The van der Waals surface area contributed by atoms with E-state index in [1.54, 1.807) is 7.11 Å². The number of carboxylic acids is 1. The summed E-state index contributed by atoms with van der Waals surface area (Å²) >= 11 is 0. The Hall–Kier alpha value is -1.30. The Balaban J connectivity index is 4.06. The SMILES string of the molecule is CCCC(CC(=O)O)NC(=O)NC(C)COC. The number of aliphatic carboxylic acids is 1. The van der Waals surface area contributed by atoms with Crippen molar-refractivity contribution < 1.29 is 19.4 Å². The highest BCUT2D eigenvalue weighted by Gasteiger charge is 2.15. The molecule has 100 valence electrons. The van der Waals surface area contributed by atoms with Crippen molar-refractivity contribution in [2.75, 3.05) is 13.7 Å². The summed E-state index contributed by atoms with van der Waals surface area (Å²) in [6.07, 6.45) is 1.42. The first-order chi connectivity index (χ1) is 7.99.